The van der Waals surface area contributed by atoms with Gasteiger partial charge in [-0.25, -0.2) is 0 Å². The first-order valence-electron chi connectivity index (χ1n) is 9.90. The minimum absolute atomic E-state index is 0.0594. The van der Waals surface area contributed by atoms with E-state index in [1.54, 1.807) is 14.2 Å². The molecule has 28 heavy (non-hydrogen) atoms. The van der Waals surface area contributed by atoms with Crippen LogP contribution in [0.5, 0.6) is 17.2 Å². The van der Waals surface area contributed by atoms with Crippen LogP contribution in [0.25, 0.3) is 0 Å². The molecule has 5 nitrogen and oxygen atoms in total. The van der Waals surface area contributed by atoms with Crippen molar-refractivity contribution in [3.8, 4) is 17.2 Å². The second kappa shape index (κ2) is 9.30. The molecule has 0 unspecified atom stereocenters. The summed E-state index contributed by atoms with van der Waals surface area (Å²) < 4.78 is 16.5. The predicted molar refractivity (Wildman–Crippen MR) is 110 cm³/mol. The third kappa shape index (κ3) is 5.18. The number of hydrogen-bond acceptors (Lipinski definition) is 5. The summed E-state index contributed by atoms with van der Waals surface area (Å²) in [6.07, 6.45) is 4.55. The molecule has 5 heteroatoms. The molecule has 0 saturated heterocycles. The van der Waals surface area contributed by atoms with Crippen LogP contribution in [0.4, 0.5) is 0 Å². The summed E-state index contributed by atoms with van der Waals surface area (Å²) in [5.41, 5.74) is 8.22. The number of benzene rings is 2. The first-order chi connectivity index (χ1) is 13.5. The van der Waals surface area contributed by atoms with Crippen LogP contribution in [0.2, 0.25) is 0 Å². The third-order valence-corrected chi connectivity index (χ3v) is 5.60. The molecule has 2 aromatic rings. The Hall–Kier alpha value is -2.24. The summed E-state index contributed by atoms with van der Waals surface area (Å²) in [6, 6.07) is 14.2. The summed E-state index contributed by atoms with van der Waals surface area (Å²) in [4.78, 5) is 0. The zero-order valence-electron chi connectivity index (χ0n) is 16.8. The number of ether oxygens (including phenoxy) is 3. The molecule has 1 aliphatic carbocycles. The molecular weight excluding hydrogens is 354 g/mol. The van der Waals surface area contributed by atoms with E-state index in [4.69, 9.17) is 19.9 Å². The van der Waals surface area contributed by atoms with Gasteiger partial charge >= 0.3 is 0 Å². The molecule has 0 spiro atoms. The maximum absolute atomic E-state index is 9.44. The average molecular weight is 386 g/mol. The number of methoxy groups -OCH3 is 2. The Bertz CT molecular complexity index is 739. The van der Waals surface area contributed by atoms with E-state index in [1.165, 1.54) is 11.1 Å². The minimum atomic E-state index is -0.414. The van der Waals surface area contributed by atoms with Gasteiger partial charge in [0.2, 0.25) is 0 Å². The summed E-state index contributed by atoms with van der Waals surface area (Å²) in [6.45, 7) is 0.711. The van der Waals surface area contributed by atoms with Crippen LogP contribution in [0.1, 0.15) is 42.7 Å². The van der Waals surface area contributed by atoms with Gasteiger partial charge in [0.05, 0.1) is 27.4 Å². The minimum Gasteiger partial charge on any atom is -0.497 e. The fourth-order valence-electron chi connectivity index (χ4n) is 3.90. The molecule has 0 aromatic heterocycles. The summed E-state index contributed by atoms with van der Waals surface area (Å²) in [5.74, 6) is 2.92. The number of aliphatic hydroxyl groups is 1. The van der Waals surface area contributed by atoms with Crippen LogP contribution in [-0.4, -0.2) is 38.1 Å². The number of hydrogen-bond donors (Lipinski definition) is 2. The molecule has 0 amide bonds. The molecule has 3 N–H and O–H groups in total. The van der Waals surface area contributed by atoms with E-state index < -0.39 is 5.54 Å². The van der Waals surface area contributed by atoms with Crippen molar-refractivity contribution in [1.82, 2.24) is 0 Å². The average Bonchev–Trinajstić information content (AvgIpc) is 3.14. The normalized spacial score (nSPS) is 21.5. The predicted octanol–water partition coefficient (Wildman–Crippen LogP) is 3.67. The number of nitrogens with two attached hydrogens (primary N) is 1. The summed E-state index contributed by atoms with van der Waals surface area (Å²) in [7, 11) is 3.32. The van der Waals surface area contributed by atoms with Crippen molar-refractivity contribution < 1.29 is 19.3 Å². The van der Waals surface area contributed by atoms with Crippen LogP contribution in [0.15, 0.2) is 42.5 Å². The highest BCUT2D eigenvalue weighted by Crippen LogP contribution is 2.39. The number of rotatable bonds is 9. The van der Waals surface area contributed by atoms with E-state index >= 15 is 0 Å². The van der Waals surface area contributed by atoms with Gasteiger partial charge in [0.25, 0.3) is 0 Å². The van der Waals surface area contributed by atoms with Gasteiger partial charge in [-0.15, -0.1) is 0 Å². The van der Waals surface area contributed by atoms with Gasteiger partial charge in [-0.2, -0.15) is 0 Å². The highest BCUT2D eigenvalue weighted by molar-refractivity contribution is 5.38. The third-order valence-electron chi connectivity index (χ3n) is 5.60. The molecule has 2 atom stereocenters. The molecule has 0 aliphatic heterocycles. The lowest BCUT2D eigenvalue weighted by atomic mass is 9.94. The summed E-state index contributed by atoms with van der Waals surface area (Å²) >= 11 is 0. The van der Waals surface area contributed by atoms with Crippen LogP contribution in [0, 0.1) is 0 Å². The summed E-state index contributed by atoms with van der Waals surface area (Å²) in [5, 5.41) is 9.44. The molecule has 3 rings (SSSR count). The van der Waals surface area contributed by atoms with Crippen molar-refractivity contribution in [2.45, 2.75) is 43.6 Å². The standard InChI is InChI=1S/C23H31NO4/c1-26-21-12-17(13-22(14-21)27-2)4-3-11-28-20-7-5-18(6-8-20)19-9-10-23(24,15-19)16-25/h5-8,12-14,19,25H,3-4,9-11,15-16,24H2,1-2H3/t19-,23+/m1/s1. The van der Waals surface area contributed by atoms with Crippen LogP contribution >= 0.6 is 0 Å². The highest BCUT2D eigenvalue weighted by Gasteiger charge is 2.35. The van der Waals surface area contributed by atoms with E-state index in [0.29, 0.717) is 12.5 Å². The Labute approximate surface area is 167 Å². The maximum Gasteiger partial charge on any atom is 0.122 e. The Morgan fingerprint density at radius 3 is 2.29 bits per heavy atom. The van der Waals surface area contributed by atoms with Gasteiger partial charge in [-0.1, -0.05) is 12.1 Å². The molecule has 2 aromatic carbocycles. The molecule has 0 radical (unpaired) electrons. The first-order valence-corrected chi connectivity index (χ1v) is 9.90. The second-order valence-electron chi connectivity index (χ2n) is 7.70. The Kier molecular flexibility index (Phi) is 6.81. The topological polar surface area (TPSA) is 73.9 Å². The molecule has 0 bridgehead atoms. The van der Waals surface area contributed by atoms with E-state index in [1.807, 2.05) is 30.3 Å². The number of aryl methyl sites for hydroxylation is 1. The molecule has 1 aliphatic rings. The Morgan fingerprint density at radius 2 is 1.71 bits per heavy atom. The van der Waals surface area contributed by atoms with E-state index in [2.05, 4.69) is 12.1 Å². The lowest BCUT2D eigenvalue weighted by Crippen LogP contribution is -2.40. The van der Waals surface area contributed by atoms with Crippen molar-refractivity contribution in [1.29, 1.82) is 0 Å². The fraction of sp³-hybridized carbons (Fsp3) is 0.478. The Morgan fingerprint density at radius 1 is 1.04 bits per heavy atom. The van der Waals surface area contributed by atoms with E-state index in [9.17, 15) is 5.11 Å². The van der Waals surface area contributed by atoms with E-state index in [0.717, 1.165) is 49.4 Å². The molecule has 0 heterocycles. The zero-order valence-corrected chi connectivity index (χ0v) is 16.8. The smallest absolute Gasteiger partial charge is 0.122 e. The Balaban J connectivity index is 1.47. The fourth-order valence-corrected chi connectivity index (χ4v) is 3.90. The van der Waals surface area contributed by atoms with Gasteiger partial charge < -0.3 is 25.1 Å². The molecule has 1 saturated carbocycles. The molecule has 1 fully saturated rings. The quantitative estimate of drug-likeness (QED) is 0.644. The van der Waals surface area contributed by atoms with Crippen molar-refractivity contribution >= 4 is 0 Å². The second-order valence-corrected chi connectivity index (χ2v) is 7.70. The molecular formula is C23H31NO4. The largest absolute Gasteiger partial charge is 0.497 e. The first kappa shape index (κ1) is 20.5. The van der Waals surface area contributed by atoms with Gasteiger partial charge in [0.1, 0.15) is 17.2 Å². The van der Waals surface area contributed by atoms with Crippen LogP contribution in [-0.2, 0) is 6.42 Å². The van der Waals surface area contributed by atoms with Crippen molar-refractivity contribution in [3.63, 3.8) is 0 Å². The zero-order chi connectivity index (χ0) is 20.0. The lowest BCUT2D eigenvalue weighted by Gasteiger charge is -2.21. The lowest BCUT2D eigenvalue weighted by molar-refractivity contribution is 0.198. The monoisotopic (exact) mass is 385 g/mol. The van der Waals surface area contributed by atoms with Crippen molar-refractivity contribution in [2.24, 2.45) is 5.73 Å². The van der Waals surface area contributed by atoms with Gasteiger partial charge in [0.15, 0.2) is 0 Å². The number of aliphatic hydroxyl groups excluding tert-OH is 1. The van der Waals surface area contributed by atoms with Gasteiger partial charge in [-0.3, -0.25) is 0 Å². The van der Waals surface area contributed by atoms with Gasteiger partial charge in [0, 0.05) is 11.6 Å². The van der Waals surface area contributed by atoms with Crippen molar-refractivity contribution in [2.75, 3.05) is 27.4 Å². The van der Waals surface area contributed by atoms with Gasteiger partial charge in [-0.05, 0) is 73.4 Å². The van der Waals surface area contributed by atoms with Crippen LogP contribution in [0.3, 0.4) is 0 Å². The molecule has 152 valence electrons. The maximum atomic E-state index is 9.44. The SMILES string of the molecule is COc1cc(CCCOc2ccc([C@@H]3CC[C@@](N)(CO)C3)cc2)cc(OC)c1. The van der Waals surface area contributed by atoms with Crippen molar-refractivity contribution in [3.05, 3.63) is 53.6 Å². The highest BCUT2D eigenvalue weighted by atomic mass is 16.5. The van der Waals surface area contributed by atoms with Crippen LogP contribution < -0.4 is 19.9 Å². The van der Waals surface area contributed by atoms with E-state index in [-0.39, 0.29) is 6.61 Å².